The Bertz CT molecular complexity index is 380. The van der Waals surface area contributed by atoms with Crippen molar-refractivity contribution in [3.63, 3.8) is 0 Å². The van der Waals surface area contributed by atoms with Gasteiger partial charge in [0.15, 0.2) is 11.6 Å². The molecule has 2 nitrogen and oxygen atoms in total. The van der Waals surface area contributed by atoms with Crippen LogP contribution >= 0.6 is 0 Å². The maximum Gasteiger partial charge on any atom is 0.161 e. The predicted octanol–water partition coefficient (Wildman–Crippen LogP) is 1.88. The van der Waals surface area contributed by atoms with E-state index in [-0.39, 0.29) is 12.1 Å². The van der Waals surface area contributed by atoms with E-state index in [0.717, 1.165) is 6.07 Å². The molecule has 0 fully saturated rings. The average molecular weight is 230 g/mol. The van der Waals surface area contributed by atoms with E-state index in [1.165, 1.54) is 0 Å². The van der Waals surface area contributed by atoms with Gasteiger partial charge in [-0.3, -0.25) is 0 Å². The number of hydrogen-bond donors (Lipinski definition) is 2. The molecule has 5 heteroatoms. The maximum absolute atomic E-state index is 13.4. The molecule has 0 bridgehead atoms. The van der Waals surface area contributed by atoms with E-state index in [1.54, 1.807) is 6.08 Å². The van der Waals surface area contributed by atoms with Crippen molar-refractivity contribution in [3.8, 4) is 0 Å². The molecule has 0 heterocycles. The lowest BCUT2D eigenvalue weighted by atomic mass is 10.1. The standard InChI is InChI=1S/C11H13F3N2/c1-2-3-16-11(6-15)7-4-9(13)10(14)5-8(7)12/h2,4-5,11,16H,1,3,6,15H2. The number of rotatable bonds is 5. The van der Waals surface area contributed by atoms with E-state index >= 15 is 0 Å². The summed E-state index contributed by atoms with van der Waals surface area (Å²) in [6.07, 6.45) is 1.57. The van der Waals surface area contributed by atoms with Crippen LogP contribution in [-0.4, -0.2) is 13.1 Å². The van der Waals surface area contributed by atoms with Crippen LogP contribution in [-0.2, 0) is 0 Å². The fraction of sp³-hybridized carbons (Fsp3) is 0.273. The Balaban J connectivity index is 2.99. The quantitative estimate of drug-likeness (QED) is 0.598. The lowest BCUT2D eigenvalue weighted by Gasteiger charge is -2.17. The lowest BCUT2D eigenvalue weighted by molar-refractivity contribution is 0.473. The Hall–Kier alpha value is -1.33. The summed E-state index contributed by atoms with van der Waals surface area (Å²) >= 11 is 0. The Kier molecular flexibility index (Phi) is 4.52. The molecule has 3 N–H and O–H groups in total. The van der Waals surface area contributed by atoms with E-state index in [2.05, 4.69) is 11.9 Å². The normalized spacial score (nSPS) is 12.5. The van der Waals surface area contributed by atoms with Gasteiger partial charge in [0.25, 0.3) is 0 Å². The van der Waals surface area contributed by atoms with Gasteiger partial charge in [0.2, 0.25) is 0 Å². The van der Waals surface area contributed by atoms with Crippen LogP contribution in [0.2, 0.25) is 0 Å². The van der Waals surface area contributed by atoms with Crippen molar-refractivity contribution in [2.45, 2.75) is 6.04 Å². The molecular weight excluding hydrogens is 217 g/mol. The second-order valence-electron chi connectivity index (χ2n) is 3.27. The predicted molar refractivity (Wildman–Crippen MR) is 56.3 cm³/mol. The van der Waals surface area contributed by atoms with Gasteiger partial charge in [-0.2, -0.15) is 0 Å². The zero-order chi connectivity index (χ0) is 12.1. The first-order valence-corrected chi connectivity index (χ1v) is 4.79. The van der Waals surface area contributed by atoms with E-state index in [4.69, 9.17) is 5.73 Å². The molecule has 1 unspecified atom stereocenters. The van der Waals surface area contributed by atoms with Crippen molar-refractivity contribution in [2.24, 2.45) is 5.73 Å². The SMILES string of the molecule is C=CCNC(CN)c1cc(F)c(F)cc1F. The van der Waals surface area contributed by atoms with E-state index in [9.17, 15) is 13.2 Å². The molecule has 1 atom stereocenters. The van der Waals surface area contributed by atoms with Crippen LogP contribution in [0.5, 0.6) is 0 Å². The third-order valence-corrected chi connectivity index (χ3v) is 2.16. The monoisotopic (exact) mass is 230 g/mol. The number of hydrogen-bond acceptors (Lipinski definition) is 2. The molecular formula is C11H13F3N2. The number of halogens is 3. The minimum absolute atomic E-state index is 0.0169. The van der Waals surface area contributed by atoms with Gasteiger partial charge in [0.1, 0.15) is 5.82 Å². The Morgan fingerprint density at radius 1 is 1.25 bits per heavy atom. The van der Waals surface area contributed by atoms with Gasteiger partial charge < -0.3 is 11.1 Å². The Labute approximate surface area is 92.0 Å². The number of nitrogens with one attached hydrogen (secondary N) is 1. The molecule has 0 aliphatic rings. The topological polar surface area (TPSA) is 38.0 Å². The van der Waals surface area contributed by atoms with Crippen LogP contribution in [0.4, 0.5) is 13.2 Å². The zero-order valence-electron chi connectivity index (χ0n) is 8.64. The molecule has 1 rings (SSSR count). The second kappa shape index (κ2) is 5.67. The first kappa shape index (κ1) is 12.7. The molecule has 16 heavy (non-hydrogen) atoms. The van der Waals surface area contributed by atoms with Crippen molar-refractivity contribution < 1.29 is 13.2 Å². The molecule has 1 aromatic carbocycles. The van der Waals surface area contributed by atoms with Gasteiger partial charge >= 0.3 is 0 Å². The third kappa shape index (κ3) is 2.84. The molecule has 0 radical (unpaired) electrons. The molecule has 0 saturated heterocycles. The highest BCUT2D eigenvalue weighted by atomic mass is 19.2. The highest BCUT2D eigenvalue weighted by Gasteiger charge is 2.16. The van der Waals surface area contributed by atoms with Crippen molar-refractivity contribution in [1.82, 2.24) is 5.32 Å². The summed E-state index contributed by atoms with van der Waals surface area (Å²) < 4.78 is 39.0. The summed E-state index contributed by atoms with van der Waals surface area (Å²) in [7, 11) is 0. The lowest BCUT2D eigenvalue weighted by Crippen LogP contribution is -2.29. The fourth-order valence-corrected chi connectivity index (χ4v) is 1.35. The summed E-state index contributed by atoms with van der Waals surface area (Å²) in [6, 6.07) is 0.773. The second-order valence-corrected chi connectivity index (χ2v) is 3.27. The van der Waals surface area contributed by atoms with E-state index in [1.807, 2.05) is 0 Å². The molecule has 0 saturated carbocycles. The Morgan fingerprint density at radius 2 is 1.88 bits per heavy atom. The van der Waals surface area contributed by atoms with Crippen molar-refractivity contribution in [1.29, 1.82) is 0 Å². The first-order chi connectivity index (χ1) is 7.60. The van der Waals surface area contributed by atoms with Crippen molar-refractivity contribution >= 4 is 0 Å². The van der Waals surface area contributed by atoms with Crippen LogP contribution in [0.3, 0.4) is 0 Å². The van der Waals surface area contributed by atoms with Crippen LogP contribution in [0.1, 0.15) is 11.6 Å². The van der Waals surface area contributed by atoms with E-state index < -0.39 is 23.5 Å². The fourth-order valence-electron chi connectivity index (χ4n) is 1.35. The molecule has 88 valence electrons. The Morgan fingerprint density at radius 3 is 2.44 bits per heavy atom. The summed E-state index contributed by atoms with van der Waals surface area (Å²) in [5.74, 6) is -3.11. The van der Waals surface area contributed by atoms with Gasteiger partial charge in [-0.05, 0) is 6.07 Å². The largest absolute Gasteiger partial charge is 0.329 e. The van der Waals surface area contributed by atoms with E-state index in [0.29, 0.717) is 12.6 Å². The number of nitrogens with two attached hydrogens (primary N) is 1. The molecule has 0 aliphatic heterocycles. The third-order valence-electron chi connectivity index (χ3n) is 2.16. The summed E-state index contributed by atoms with van der Waals surface area (Å²) in [5.41, 5.74) is 5.44. The summed E-state index contributed by atoms with van der Waals surface area (Å²) in [4.78, 5) is 0. The molecule has 0 aliphatic carbocycles. The molecule has 0 aromatic heterocycles. The van der Waals surface area contributed by atoms with Crippen LogP contribution < -0.4 is 11.1 Å². The minimum Gasteiger partial charge on any atom is -0.329 e. The molecule has 0 spiro atoms. The van der Waals surface area contributed by atoms with Crippen LogP contribution in [0, 0.1) is 17.5 Å². The highest BCUT2D eigenvalue weighted by Crippen LogP contribution is 2.19. The number of benzene rings is 1. The average Bonchev–Trinajstić information content (AvgIpc) is 2.26. The van der Waals surface area contributed by atoms with Gasteiger partial charge in [0, 0.05) is 30.8 Å². The van der Waals surface area contributed by atoms with Gasteiger partial charge in [-0.25, -0.2) is 13.2 Å². The maximum atomic E-state index is 13.4. The van der Waals surface area contributed by atoms with Gasteiger partial charge in [0.05, 0.1) is 0 Å². The van der Waals surface area contributed by atoms with Gasteiger partial charge in [-0.1, -0.05) is 6.08 Å². The van der Waals surface area contributed by atoms with Crippen molar-refractivity contribution in [2.75, 3.05) is 13.1 Å². The molecule has 1 aromatic rings. The summed E-state index contributed by atoms with van der Waals surface area (Å²) in [6.45, 7) is 3.97. The van der Waals surface area contributed by atoms with Crippen LogP contribution in [0.25, 0.3) is 0 Å². The van der Waals surface area contributed by atoms with Gasteiger partial charge in [-0.15, -0.1) is 6.58 Å². The highest BCUT2D eigenvalue weighted by molar-refractivity contribution is 5.23. The summed E-state index contributed by atoms with van der Waals surface area (Å²) in [5, 5.41) is 2.85. The van der Waals surface area contributed by atoms with Crippen molar-refractivity contribution in [3.05, 3.63) is 47.8 Å². The molecule has 0 amide bonds. The van der Waals surface area contributed by atoms with Crippen LogP contribution in [0.15, 0.2) is 24.8 Å². The minimum atomic E-state index is -1.21. The smallest absolute Gasteiger partial charge is 0.161 e. The first-order valence-electron chi connectivity index (χ1n) is 4.79. The zero-order valence-corrected chi connectivity index (χ0v) is 8.64.